The lowest BCUT2D eigenvalue weighted by Crippen LogP contribution is -2.49. The maximum atomic E-state index is 13.1. The fourth-order valence-corrected chi connectivity index (χ4v) is 4.29. The molecule has 0 atom stereocenters. The standard InChI is InChI=1S/C20H28N6O/c1-14-12-21-15(2)19(23-14)25-8-10-26(11-9-25)20(27)17-13-22-24-18(17)16-6-4-3-5-7-16/h12-13,16H,3-11H2,1-2H3,(H,22,24). The summed E-state index contributed by atoms with van der Waals surface area (Å²) in [6, 6.07) is 0. The number of aromatic nitrogens is 4. The maximum Gasteiger partial charge on any atom is 0.257 e. The van der Waals surface area contributed by atoms with Gasteiger partial charge in [-0.05, 0) is 26.7 Å². The second-order valence-corrected chi connectivity index (χ2v) is 7.73. The summed E-state index contributed by atoms with van der Waals surface area (Å²) in [5, 5.41) is 7.31. The molecule has 1 amide bonds. The fraction of sp³-hybridized carbons (Fsp3) is 0.600. The van der Waals surface area contributed by atoms with Crippen molar-refractivity contribution in [1.82, 2.24) is 25.1 Å². The number of H-pyrrole nitrogens is 1. The molecule has 1 aliphatic heterocycles. The number of rotatable bonds is 3. The summed E-state index contributed by atoms with van der Waals surface area (Å²) in [6.07, 6.45) is 9.61. The number of hydrogen-bond donors (Lipinski definition) is 1. The second kappa shape index (κ2) is 7.66. The number of nitrogens with one attached hydrogen (secondary N) is 1. The van der Waals surface area contributed by atoms with Crippen LogP contribution in [-0.2, 0) is 0 Å². The third kappa shape index (κ3) is 3.68. The number of amides is 1. The molecule has 27 heavy (non-hydrogen) atoms. The van der Waals surface area contributed by atoms with E-state index >= 15 is 0 Å². The van der Waals surface area contributed by atoms with E-state index < -0.39 is 0 Å². The summed E-state index contributed by atoms with van der Waals surface area (Å²) < 4.78 is 0. The summed E-state index contributed by atoms with van der Waals surface area (Å²) >= 11 is 0. The summed E-state index contributed by atoms with van der Waals surface area (Å²) in [7, 11) is 0. The number of carbonyl (C=O) groups is 1. The smallest absolute Gasteiger partial charge is 0.257 e. The van der Waals surface area contributed by atoms with E-state index in [4.69, 9.17) is 0 Å². The van der Waals surface area contributed by atoms with Crippen LogP contribution in [0.1, 0.15) is 65.5 Å². The first-order chi connectivity index (χ1) is 13.1. The number of aryl methyl sites for hydroxylation is 2. The Morgan fingerprint density at radius 3 is 2.56 bits per heavy atom. The zero-order valence-corrected chi connectivity index (χ0v) is 16.2. The molecule has 1 saturated carbocycles. The van der Waals surface area contributed by atoms with Crippen LogP contribution in [0.15, 0.2) is 12.4 Å². The van der Waals surface area contributed by atoms with Crippen LogP contribution in [0.3, 0.4) is 0 Å². The summed E-state index contributed by atoms with van der Waals surface area (Å²) in [5.74, 6) is 1.50. The predicted molar refractivity (Wildman–Crippen MR) is 104 cm³/mol. The Kier molecular flexibility index (Phi) is 5.09. The molecular weight excluding hydrogens is 340 g/mol. The summed E-state index contributed by atoms with van der Waals surface area (Å²) in [4.78, 5) is 26.3. The highest BCUT2D eigenvalue weighted by Crippen LogP contribution is 2.33. The lowest BCUT2D eigenvalue weighted by Gasteiger charge is -2.36. The van der Waals surface area contributed by atoms with Gasteiger partial charge in [0.25, 0.3) is 5.91 Å². The molecule has 0 bridgehead atoms. The van der Waals surface area contributed by atoms with E-state index in [-0.39, 0.29) is 5.91 Å². The van der Waals surface area contributed by atoms with E-state index in [9.17, 15) is 4.79 Å². The minimum Gasteiger partial charge on any atom is -0.352 e. The van der Waals surface area contributed by atoms with Crippen LogP contribution < -0.4 is 4.90 Å². The van der Waals surface area contributed by atoms with Gasteiger partial charge < -0.3 is 9.80 Å². The van der Waals surface area contributed by atoms with Crippen molar-refractivity contribution in [2.45, 2.75) is 51.9 Å². The quantitative estimate of drug-likeness (QED) is 0.901. The van der Waals surface area contributed by atoms with Gasteiger partial charge in [0.2, 0.25) is 0 Å². The number of aromatic amines is 1. The summed E-state index contributed by atoms with van der Waals surface area (Å²) in [6.45, 7) is 6.90. The number of hydrogen-bond acceptors (Lipinski definition) is 5. The molecule has 2 fully saturated rings. The Balaban J connectivity index is 1.43. The molecule has 2 aromatic heterocycles. The second-order valence-electron chi connectivity index (χ2n) is 7.73. The van der Waals surface area contributed by atoms with Crippen molar-refractivity contribution in [3.05, 3.63) is 35.0 Å². The van der Waals surface area contributed by atoms with Crippen molar-refractivity contribution in [3.63, 3.8) is 0 Å². The van der Waals surface area contributed by atoms with Crippen LogP contribution in [0.5, 0.6) is 0 Å². The van der Waals surface area contributed by atoms with Gasteiger partial charge in [-0.25, -0.2) is 4.98 Å². The van der Waals surface area contributed by atoms with E-state index in [1.807, 2.05) is 18.7 Å². The maximum absolute atomic E-state index is 13.1. The Morgan fingerprint density at radius 1 is 1.07 bits per heavy atom. The third-order valence-electron chi connectivity index (χ3n) is 5.83. The molecule has 1 N–H and O–H groups in total. The Morgan fingerprint density at radius 2 is 1.81 bits per heavy atom. The van der Waals surface area contributed by atoms with Crippen LogP contribution in [0.25, 0.3) is 0 Å². The van der Waals surface area contributed by atoms with Crippen molar-refractivity contribution in [3.8, 4) is 0 Å². The van der Waals surface area contributed by atoms with Gasteiger partial charge >= 0.3 is 0 Å². The molecule has 0 unspecified atom stereocenters. The monoisotopic (exact) mass is 368 g/mol. The Hall–Kier alpha value is -2.44. The van der Waals surface area contributed by atoms with Crippen molar-refractivity contribution in [2.24, 2.45) is 0 Å². The third-order valence-corrected chi connectivity index (χ3v) is 5.83. The Labute approximate surface area is 160 Å². The molecule has 7 heteroatoms. The highest BCUT2D eigenvalue weighted by molar-refractivity contribution is 5.95. The topological polar surface area (TPSA) is 78.0 Å². The van der Waals surface area contributed by atoms with Gasteiger partial charge in [0.1, 0.15) is 5.82 Å². The van der Waals surface area contributed by atoms with E-state index in [1.54, 1.807) is 12.4 Å². The molecule has 7 nitrogen and oxygen atoms in total. The average Bonchev–Trinajstić information content (AvgIpc) is 3.20. The number of nitrogens with zero attached hydrogens (tertiary/aromatic N) is 5. The molecule has 0 spiro atoms. The number of anilines is 1. The first-order valence-corrected chi connectivity index (χ1v) is 10.0. The highest BCUT2D eigenvalue weighted by Gasteiger charge is 2.29. The molecule has 1 aliphatic carbocycles. The predicted octanol–water partition coefficient (Wildman–Crippen LogP) is 2.83. The van der Waals surface area contributed by atoms with Gasteiger partial charge in [0.15, 0.2) is 0 Å². The molecule has 1 saturated heterocycles. The molecule has 2 aliphatic rings. The zero-order valence-electron chi connectivity index (χ0n) is 16.2. The van der Waals surface area contributed by atoms with E-state index in [0.717, 1.165) is 54.4 Å². The van der Waals surface area contributed by atoms with Crippen LogP contribution >= 0.6 is 0 Å². The van der Waals surface area contributed by atoms with E-state index in [0.29, 0.717) is 19.0 Å². The number of carbonyl (C=O) groups excluding carboxylic acids is 1. The van der Waals surface area contributed by atoms with Gasteiger partial charge in [-0.3, -0.25) is 14.9 Å². The zero-order chi connectivity index (χ0) is 18.8. The first-order valence-electron chi connectivity index (χ1n) is 10.0. The van der Waals surface area contributed by atoms with Gasteiger partial charge in [-0.1, -0.05) is 19.3 Å². The molecular formula is C20H28N6O. The Bertz CT molecular complexity index is 803. The highest BCUT2D eigenvalue weighted by atomic mass is 16.2. The fourth-order valence-electron chi connectivity index (χ4n) is 4.29. The van der Waals surface area contributed by atoms with Gasteiger partial charge in [0, 0.05) is 38.3 Å². The molecule has 2 aromatic rings. The van der Waals surface area contributed by atoms with Crippen molar-refractivity contribution < 1.29 is 4.79 Å². The normalized spacial score (nSPS) is 18.7. The lowest BCUT2D eigenvalue weighted by molar-refractivity contribution is 0.0744. The van der Waals surface area contributed by atoms with Crippen molar-refractivity contribution >= 4 is 11.7 Å². The van der Waals surface area contributed by atoms with Gasteiger partial charge in [0.05, 0.1) is 28.8 Å². The van der Waals surface area contributed by atoms with Crippen molar-refractivity contribution in [1.29, 1.82) is 0 Å². The number of piperazine rings is 1. The van der Waals surface area contributed by atoms with Crippen LogP contribution in [0.2, 0.25) is 0 Å². The lowest BCUT2D eigenvalue weighted by atomic mass is 9.85. The minimum absolute atomic E-state index is 0.107. The first kappa shape index (κ1) is 17.9. The van der Waals surface area contributed by atoms with Crippen LogP contribution in [-0.4, -0.2) is 57.2 Å². The average molecular weight is 368 g/mol. The van der Waals surface area contributed by atoms with E-state index in [2.05, 4.69) is 25.1 Å². The SMILES string of the molecule is Cc1cnc(C)c(N2CCN(C(=O)c3cn[nH]c3C3CCCCC3)CC2)n1. The van der Waals surface area contributed by atoms with E-state index in [1.165, 1.54) is 19.3 Å². The van der Waals surface area contributed by atoms with Gasteiger partial charge in [-0.2, -0.15) is 5.10 Å². The van der Waals surface area contributed by atoms with Gasteiger partial charge in [-0.15, -0.1) is 0 Å². The molecule has 4 rings (SSSR count). The largest absolute Gasteiger partial charge is 0.352 e. The van der Waals surface area contributed by atoms with Crippen molar-refractivity contribution in [2.75, 3.05) is 31.1 Å². The molecule has 144 valence electrons. The molecule has 0 radical (unpaired) electrons. The molecule has 3 heterocycles. The summed E-state index contributed by atoms with van der Waals surface area (Å²) in [5.41, 5.74) is 3.67. The minimum atomic E-state index is 0.107. The molecule has 0 aromatic carbocycles. The van der Waals surface area contributed by atoms with Crippen LogP contribution in [0.4, 0.5) is 5.82 Å². The van der Waals surface area contributed by atoms with Crippen LogP contribution in [0, 0.1) is 13.8 Å².